The Morgan fingerprint density at radius 2 is 1.79 bits per heavy atom. The van der Waals surface area contributed by atoms with E-state index in [0.29, 0.717) is 11.8 Å². The van der Waals surface area contributed by atoms with Gasteiger partial charge in [-0.2, -0.15) is 5.10 Å². The third kappa shape index (κ3) is 2.86. The van der Waals surface area contributed by atoms with Gasteiger partial charge in [-0.3, -0.25) is 4.79 Å². The molecule has 2 fully saturated rings. The zero-order valence-electron chi connectivity index (χ0n) is 13.9. The number of likely N-dealkylation sites (tertiary alicyclic amines) is 1. The second kappa shape index (κ2) is 6.23. The first-order valence-electron chi connectivity index (χ1n) is 8.60. The normalized spacial score (nSPS) is 23.2. The monoisotopic (exact) mass is 322 g/mol. The maximum absolute atomic E-state index is 12.7. The molecule has 3 heterocycles. The zero-order chi connectivity index (χ0) is 16.5. The first-order chi connectivity index (χ1) is 11.7. The number of rotatable bonds is 2. The number of benzene rings is 1. The van der Waals surface area contributed by atoms with Gasteiger partial charge >= 0.3 is 0 Å². The Kier molecular flexibility index (Phi) is 3.92. The highest BCUT2D eigenvalue weighted by Gasteiger charge is 2.39. The lowest BCUT2D eigenvalue weighted by atomic mass is 9.89. The van der Waals surface area contributed by atoms with E-state index in [1.165, 1.54) is 0 Å². The Balaban J connectivity index is 1.44. The SMILES string of the molecule is Cc1ccc(N2CC[C@H]3CN(C(=O)c4ccccc4)C[C@@H]3C2)nn1. The quantitative estimate of drug-likeness (QED) is 0.852. The summed E-state index contributed by atoms with van der Waals surface area (Å²) in [5.41, 5.74) is 1.73. The van der Waals surface area contributed by atoms with E-state index in [4.69, 9.17) is 0 Å². The summed E-state index contributed by atoms with van der Waals surface area (Å²) in [7, 11) is 0. The molecule has 2 aromatic rings. The van der Waals surface area contributed by atoms with Crippen molar-refractivity contribution in [3.63, 3.8) is 0 Å². The molecule has 24 heavy (non-hydrogen) atoms. The van der Waals surface area contributed by atoms with E-state index >= 15 is 0 Å². The third-order valence-electron chi connectivity index (χ3n) is 5.22. The Labute approximate surface area is 142 Å². The van der Waals surface area contributed by atoms with Crippen LogP contribution in [0.2, 0.25) is 0 Å². The summed E-state index contributed by atoms with van der Waals surface area (Å²) in [5, 5.41) is 8.48. The van der Waals surface area contributed by atoms with Gasteiger partial charge < -0.3 is 9.80 Å². The van der Waals surface area contributed by atoms with Gasteiger partial charge in [0.05, 0.1) is 5.69 Å². The van der Waals surface area contributed by atoms with Gasteiger partial charge in [0.15, 0.2) is 5.82 Å². The van der Waals surface area contributed by atoms with Crippen molar-refractivity contribution in [1.82, 2.24) is 15.1 Å². The minimum atomic E-state index is 0.159. The first-order valence-corrected chi connectivity index (χ1v) is 8.60. The number of hydrogen-bond acceptors (Lipinski definition) is 4. The molecule has 2 atom stereocenters. The van der Waals surface area contributed by atoms with Gasteiger partial charge in [0, 0.05) is 31.7 Å². The zero-order valence-corrected chi connectivity index (χ0v) is 13.9. The fraction of sp³-hybridized carbons (Fsp3) is 0.421. The van der Waals surface area contributed by atoms with Gasteiger partial charge in [0.1, 0.15) is 0 Å². The van der Waals surface area contributed by atoms with E-state index in [2.05, 4.69) is 15.1 Å². The molecule has 124 valence electrons. The molecule has 0 radical (unpaired) electrons. The third-order valence-corrected chi connectivity index (χ3v) is 5.22. The summed E-state index contributed by atoms with van der Waals surface area (Å²) in [6.45, 7) is 5.63. The van der Waals surface area contributed by atoms with Crippen LogP contribution < -0.4 is 4.90 Å². The predicted molar refractivity (Wildman–Crippen MR) is 92.9 cm³/mol. The van der Waals surface area contributed by atoms with E-state index in [1.54, 1.807) is 0 Å². The van der Waals surface area contributed by atoms with Gasteiger partial charge in [-0.25, -0.2) is 0 Å². The highest BCUT2D eigenvalue weighted by molar-refractivity contribution is 5.94. The van der Waals surface area contributed by atoms with Crippen molar-refractivity contribution in [1.29, 1.82) is 0 Å². The molecule has 5 heteroatoms. The minimum absolute atomic E-state index is 0.159. The lowest BCUT2D eigenvalue weighted by Crippen LogP contribution is -2.40. The van der Waals surface area contributed by atoms with Gasteiger partial charge in [-0.15, -0.1) is 5.10 Å². The van der Waals surface area contributed by atoms with Crippen LogP contribution in [-0.4, -0.2) is 47.2 Å². The molecule has 1 aromatic heterocycles. The molecule has 2 aliphatic rings. The number of amides is 1. The summed E-state index contributed by atoms with van der Waals surface area (Å²) in [4.78, 5) is 17.0. The molecule has 4 rings (SSSR count). The van der Waals surface area contributed by atoms with E-state index in [0.717, 1.165) is 49.7 Å². The number of hydrogen-bond donors (Lipinski definition) is 0. The number of piperidine rings is 1. The average Bonchev–Trinajstić information content (AvgIpc) is 3.05. The number of aryl methyl sites for hydroxylation is 1. The largest absolute Gasteiger partial charge is 0.355 e. The van der Waals surface area contributed by atoms with E-state index < -0.39 is 0 Å². The Morgan fingerprint density at radius 3 is 2.54 bits per heavy atom. The van der Waals surface area contributed by atoms with Crippen LogP contribution in [0.3, 0.4) is 0 Å². The number of nitrogens with zero attached hydrogens (tertiary/aromatic N) is 4. The van der Waals surface area contributed by atoms with E-state index in [-0.39, 0.29) is 5.91 Å². The standard InChI is InChI=1S/C19H22N4O/c1-14-7-8-18(21-20-14)22-10-9-16-11-23(13-17(16)12-22)19(24)15-5-3-2-4-6-15/h2-8,16-17H,9-13H2,1H3/t16-,17-/m0/s1. The minimum Gasteiger partial charge on any atom is -0.355 e. The summed E-state index contributed by atoms with van der Waals surface area (Å²) in [5.74, 6) is 2.24. The summed E-state index contributed by atoms with van der Waals surface area (Å²) in [6, 6.07) is 13.7. The topological polar surface area (TPSA) is 49.3 Å². The lowest BCUT2D eigenvalue weighted by Gasteiger charge is -2.34. The summed E-state index contributed by atoms with van der Waals surface area (Å²) < 4.78 is 0. The molecule has 0 aliphatic carbocycles. The maximum Gasteiger partial charge on any atom is 0.253 e. The van der Waals surface area contributed by atoms with Crippen LogP contribution >= 0.6 is 0 Å². The number of anilines is 1. The molecular weight excluding hydrogens is 300 g/mol. The second-order valence-electron chi connectivity index (χ2n) is 6.86. The molecule has 0 spiro atoms. The van der Waals surface area contributed by atoms with Crippen LogP contribution in [0.5, 0.6) is 0 Å². The molecule has 5 nitrogen and oxygen atoms in total. The average molecular weight is 322 g/mol. The van der Waals surface area contributed by atoms with Crippen molar-refractivity contribution in [2.45, 2.75) is 13.3 Å². The molecule has 0 N–H and O–H groups in total. The van der Waals surface area contributed by atoms with Gasteiger partial charge in [-0.05, 0) is 49.4 Å². The van der Waals surface area contributed by atoms with Crippen molar-refractivity contribution in [3.05, 3.63) is 53.7 Å². The van der Waals surface area contributed by atoms with E-state index in [9.17, 15) is 4.79 Å². The van der Waals surface area contributed by atoms with Crippen molar-refractivity contribution in [3.8, 4) is 0 Å². The van der Waals surface area contributed by atoms with Crippen LogP contribution in [0.1, 0.15) is 22.5 Å². The molecule has 2 saturated heterocycles. The number of fused-ring (bicyclic) bond motifs is 1. The van der Waals surface area contributed by atoms with Crippen LogP contribution in [0.4, 0.5) is 5.82 Å². The molecule has 2 aliphatic heterocycles. The molecule has 0 unspecified atom stereocenters. The van der Waals surface area contributed by atoms with Crippen LogP contribution in [0.25, 0.3) is 0 Å². The highest BCUT2D eigenvalue weighted by Crippen LogP contribution is 2.33. The smallest absolute Gasteiger partial charge is 0.253 e. The van der Waals surface area contributed by atoms with Gasteiger partial charge in [-0.1, -0.05) is 18.2 Å². The first kappa shape index (κ1) is 15.1. The predicted octanol–water partition coefficient (Wildman–Crippen LogP) is 2.38. The Bertz CT molecular complexity index is 716. The fourth-order valence-electron chi connectivity index (χ4n) is 3.87. The molecule has 1 amide bonds. The molecule has 0 saturated carbocycles. The molecular formula is C19H22N4O. The number of aromatic nitrogens is 2. The van der Waals surface area contributed by atoms with Crippen LogP contribution in [0.15, 0.2) is 42.5 Å². The number of carbonyl (C=O) groups excluding carboxylic acids is 1. The summed E-state index contributed by atoms with van der Waals surface area (Å²) >= 11 is 0. The molecule has 1 aromatic carbocycles. The molecule has 0 bridgehead atoms. The van der Waals surface area contributed by atoms with Gasteiger partial charge in [0.2, 0.25) is 0 Å². The Hall–Kier alpha value is -2.43. The van der Waals surface area contributed by atoms with Crippen molar-refractivity contribution in [2.75, 3.05) is 31.1 Å². The lowest BCUT2D eigenvalue weighted by molar-refractivity contribution is 0.0784. The van der Waals surface area contributed by atoms with Gasteiger partial charge in [0.25, 0.3) is 5.91 Å². The van der Waals surface area contributed by atoms with Crippen molar-refractivity contribution < 1.29 is 4.79 Å². The summed E-state index contributed by atoms with van der Waals surface area (Å²) in [6.07, 6.45) is 1.11. The van der Waals surface area contributed by atoms with E-state index in [1.807, 2.05) is 54.3 Å². The Morgan fingerprint density at radius 1 is 1.00 bits per heavy atom. The van der Waals surface area contributed by atoms with Crippen LogP contribution in [0, 0.1) is 18.8 Å². The highest BCUT2D eigenvalue weighted by atomic mass is 16.2. The van der Waals surface area contributed by atoms with Crippen LogP contribution in [-0.2, 0) is 0 Å². The van der Waals surface area contributed by atoms with Crippen molar-refractivity contribution >= 4 is 11.7 Å². The van der Waals surface area contributed by atoms with Crippen molar-refractivity contribution in [2.24, 2.45) is 11.8 Å². The second-order valence-corrected chi connectivity index (χ2v) is 6.86. The fourth-order valence-corrected chi connectivity index (χ4v) is 3.87. The maximum atomic E-state index is 12.7. The number of carbonyl (C=O) groups is 1.